The van der Waals surface area contributed by atoms with E-state index in [1.165, 1.54) is 5.56 Å². The molecule has 1 aliphatic heterocycles. The summed E-state index contributed by atoms with van der Waals surface area (Å²) in [6.07, 6.45) is 0.960. The average Bonchev–Trinajstić information content (AvgIpc) is 3.45. The fraction of sp³-hybridized carbons (Fsp3) is 0.118. The van der Waals surface area contributed by atoms with Gasteiger partial charge in [-0.25, -0.2) is 7.83 Å². The smallest absolute Gasteiger partial charge is 0.120 e. The predicted molar refractivity (Wildman–Crippen MR) is 185 cm³/mol. The van der Waals surface area contributed by atoms with Crippen LogP contribution in [-0.2, 0) is 6.54 Å². The van der Waals surface area contributed by atoms with Crippen molar-refractivity contribution in [1.82, 2.24) is 15.0 Å². The normalized spacial score (nSPS) is 12.4. The fourth-order valence-corrected chi connectivity index (χ4v) is 8.03. The average molecular weight is 680 g/mol. The minimum atomic E-state index is -0.493. The van der Waals surface area contributed by atoms with Crippen LogP contribution in [0, 0.1) is 6.92 Å². The zero-order chi connectivity index (χ0) is 28.5. The molecule has 208 valence electrons. The lowest BCUT2D eigenvalue weighted by atomic mass is 9.93. The number of benzene rings is 5. The van der Waals surface area contributed by atoms with Crippen molar-refractivity contribution in [3.63, 3.8) is 0 Å². The number of anilines is 3. The maximum atomic E-state index is 5.16. The second-order valence-electron chi connectivity index (χ2n) is 10.2. The molecule has 6 aromatic rings. The summed E-state index contributed by atoms with van der Waals surface area (Å²) in [6, 6.07) is 38.3. The first kappa shape index (κ1) is 26.9. The third-order valence-electron chi connectivity index (χ3n) is 7.40. The van der Waals surface area contributed by atoms with Crippen molar-refractivity contribution < 1.29 is 0 Å². The highest BCUT2D eigenvalue weighted by atomic mass is 127. The van der Waals surface area contributed by atoms with Crippen molar-refractivity contribution in [2.24, 2.45) is 3.15 Å². The topological polar surface area (TPSA) is 60.4 Å². The molecule has 42 heavy (non-hydrogen) atoms. The zero-order valence-electron chi connectivity index (χ0n) is 23.3. The second-order valence-corrected chi connectivity index (χ2v) is 13.5. The molecule has 0 unspecified atom stereocenters. The molecule has 0 spiro atoms. The van der Waals surface area contributed by atoms with Gasteiger partial charge in [-0.15, -0.1) is 5.10 Å². The Morgan fingerprint density at radius 3 is 2.00 bits per heavy atom. The third kappa shape index (κ3) is 4.88. The van der Waals surface area contributed by atoms with Gasteiger partial charge >= 0.3 is 0 Å². The first-order chi connectivity index (χ1) is 20.7. The molecule has 0 radical (unpaired) electrons. The Balaban J connectivity index is 1.43. The summed E-state index contributed by atoms with van der Waals surface area (Å²) in [7, 11) is 1.59. The number of fused-ring (bicyclic) bond motifs is 2. The van der Waals surface area contributed by atoms with Crippen molar-refractivity contribution in [2.45, 2.75) is 26.8 Å². The highest BCUT2D eigenvalue weighted by molar-refractivity contribution is 14.2. The lowest BCUT2D eigenvalue weighted by molar-refractivity contribution is 0.596. The molecule has 2 heterocycles. The Kier molecular flexibility index (Phi) is 7.48. The highest BCUT2D eigenvalue weighted by Crippen LogP contribution is 2.59. The van der Waals surface area contributed by atoms with Crippen LogP contribution in [0.1, 0.15) is 18.9 Å². The molecule has 6 nitrogen and oxygen atoms in total. The number of halogens is 1. The van der Waals surface area contributed by atoms with Crippen LogP contribution in [-0.4, -0.2) is 15.0 Å². The molecule has 1 aliphatic rings. The van der Waals surface area contributed by atoms with Gasteiger partial charge in [-0.05, 0) is 66.4 Å². The van der Waals surface area contributed by atoms with Gasteiger partial charge in [-0.1, -0.05) is 96.2 Å². The van der Waals surface area contributed by atoms with E-state index in [9.17, 15) is 0 Å². The summed E-state index contributed by atoms with van der Waals surface area (Å²) in [6.45, 7) is 5.06. The Bertz CT molecular complexity index is 1850. The summed E-state index contributed by atoms with van der Waals surface area (Å²) >= 11 is -0.493. The van der Waals surface area contributed by atoms with Gasteiger partial charge in [0.1, 0.15) is 5.52 Å². The van der Waals surface area contributed by atoms with E-state index >= 15 is 0 Å². The van der Waals surface area contributed by atoms with Crippen LogP contribution in [0.15, 0.2) is 112 Å². The van der Waals surface area contributed by atoms with Gasteiger partial charge in [0.2, 0.25) is 0 Å². The van der Waals surface area contributed by atoms with Gasteiger partial charge in [-0.2, -0.15) is 9.12 Å². The number of aromatic nitrogens is 3. The first-order valence-electron chi connectivity index (χ1n) is 14.0. The third-order valence-corrected chi connectivity index (χ3v) is 9.98. The highest BCUT2D eigenvalue weighted by Gasteiger charge is 2.24. The molecule has 0 amide bonds. The molecular formula is C34H28IN6S-. The monoisotopic (exact) mass is 679 g/mol. The van der Waals surface area contributed by atoms with Crippen LogP contribution < -0.4 is 4.90 Å². The van der Waals surface area contributed by atoms with E-state index < -0.39 is 19.6 Å². The van der Waals surface area contributed by atoms with Gasteiger partial charge in [0.15, 0.2) is 0 Å². The lowest BCUT2D eigenvalue weighted by Gasteiger charge is -2.30. The quantitative estimate of drug-likeness (QED) is 0.124. The van der Waals surface area contributed by atoms with E-state index in [-0.39, 0.29) is 0 Å². The Morgan fingerprint density at radius 1 is 0.762 bits per heavy atom. The molecular weight excluding hydrogens is 651 g/mol. The molecule has 0 atom stereocenters. The number of hydrogen-bond acceptors (Lipinski definition) is 5. The molecule has 0 aliphatic carbocycles. The number of hydrogen-bond donors (Lipinski definition) is 0. The maximum Gasteiger partial charge on any atom is 0.120 e. The van der Waals surface area contributed by atoms with Crippen molar-refractivity contribution in [2.75, 3.05) is 4.90 Å². The minimum absolute atomic E-state index is 0.493. The fourth-order valence-electron chi connectivity index (χ4n) is 5.47. The molecule has 0 bridgehead atoms. The summed E-state index contributed by atoms with van der Waals surface area (Å²) in [4.78, 5) is 2.28. The number of para-hydroxylation sites is 2. The second kappa shape index (κ2) is 11.7. The SMILES string of the molecule is CCCn1nnc2c(-c3ccc(C)cc3)c3c(c(-c4ccc(N(c5ccccc5)c5ccccc5)cc4)c21)N=IS[N-]3. The lowest BCUT2D eigenvalue weighted by Crippen LogP contribution is -2.09. The summed E-state index contributed by atoms with van der Waals surface area (Å²) in [5.74, 6) is 0. The number of rotatable bonds is 7. The Morgan fingerprint density at radius 2 is 1.36 bits per heavy atom. The summed E-state index contributed by atoms with van der Waals surface area (Å²) in [5, 5.41) is 9.41. The van der Waals surface area contributed by atoms with Crippen LogP contribution in [0.25, 0.3) is 38.0 Å². The predicted octanol–water partition coefficient (Wildman–Crippen LogP) is 11.3. The van der Waals surface area contributed by atoms with Crippen LogP contribution in [0.3, 0.4) is 0 Å². The van der Waals surface area contributed by atoms with Crippen LogP contribution in [0.4, 0.5) is 28.4 Å². The Labute approximate surface area is 258 Å². The molecule has 5 aromatic carbocycles. The molecule has 0 N–H and O–H groups in total. The molecule has 7 rings (SSSR count). The first-order valence-corrected chi connectivity index (χ1v) is 18.2. The number of aryl methyl sites for hydroxylation is 2. The van der Waals surface area contributed by atoms with Crippen LogP contribution in [0.5, 0.6) is 0 Å². The van der Waals surface area contributed by atoms with E-state index in [2.05, 4.69) is 121 Å². The molecule has 0 saturated heterocycles. The van der Waals surface area contributed by atoms with Crippen LogP contribution >= 0.6 is 28.8 Å². The van der Waals surface area contributed by atoms with Crippen molar-refractivity contribution in [3.8, 4) is 22.3 Å². The van der Waals surface area contributed by atoms with E-state index in [0.717, 1.165) is 74.7 Å². The number of nitrogens with zero attached hydrogens (tertiary/aromatic N) is 6. The summed E-state index contributed by atoms with van der Waals surface area (Å²) < 4.78 is 12.2. The van der Waals surface area contributed by atoms with Gasteiger partial charge in [0.25, 0.3) is 0 Å². The van der Waals surface area contributed by atoms with E-state index in [1.807, 2.05) is 16.8 Å². The van der Waals surface area contributed by atoms with Gasteiger partial charge < -0.3 is 9.62 Å². The van der Waals surface area contributed by atoms with E-state index in [1.54, 1.807) is 9.12 Å². The van der Waals surface area contributed by atoms with Crippen molar-refractivity contribution in [1.29, 1.82) is 0 Å². The molecule has 0 saturated carbocycles. The molecule has 1 aromatic heterocycles. The van der Waals surface area contributed by atoms with E-state index in [0.29, 0.717) is 0 Å². The van der Waals surface area contributed by atoms with Crippen molar-refractivity contribution >= 4 is 68.2 Å². The molecule has 0 fully saturated rings. The Hall–Kier alpha value is -4.02. The zero-order valence-corrected chi connectivity index (χ0v) is 26.3. The minimum Gasteiger partial charge on any atom is -0.619 e. The van der Waals surface area contributed by atoms with Gasteiger partial charge in [0.05, 0.1) is 11.2 Å². The standard InChI is InChI=1S/C34H28IN6S/c1-3-22-40-34-30(31-32(38-42-35-36-31)29(33(34)37-39-40)24-16-14-23(2)15-17-24)25-18-20-28(21-19-25)41(26-10-6-4-7-11-26)27-12-8-5-9-13-27/h4-21H,3,22H2,1-2H3/q-1. The summed E-state index contributed by atoms with van der Waals surface area (Å²) in [5.41, 5.74) is 12.5. The molecule has 8 heteroatoms. The van der Waals surface area contributed by atoms with Gasteiger partial charge in [-0.3, -0.25) is 0 Å². The maximum absolute atomic E-state index is 5.16. The van der Waals surface area contributed by atoms with Gasteiger partial charge in [0, 0.05) is 48.8 Å². The van der Waals surface area contributed by atoms with Crippen molar-refractivity contribution in [3.05, 3.63) is 119 Å². The largest absolute Gasteiger partial charge is 0.619 e. The van der Waals surface area contributed by atoms with Crippen LogP contribution in [0.2, 0.25) is 0 Å². The van der Waals surface area contributed by atoms with E-state index in [4.69, 9.17) is 13.0 Å².